The molecule has 1 aliphatic heterocycles. The first kappa shape index (κ1) is 15.1. The van der Waals surface area contributed by atoms with Crippen LogP contribution in [0.25, 0.3) is 0 Å². The van der Waals surface area contributed by atoms with Gasteiger partial charge in [-0.25, -0.2) is 0 Å². The number of nitrogens with zero attached hydrogens (tertiary/aromatic N) is 2. The van der Waals surface area contributed by atoms with Gasteiger partial charge >= 0.3 is 0 Å². The lowest BCUT2D eigenvalue weighted by Crippen LogP contribution is -2.38. The minimum absolute atomic E-state index is 0.119. The topological polar surface area (TPSA) is 40.6 Å². The zero-order chi connectivity index (χ0) is 15.5. The molecule has 0 aromatic heterocycles. The molecule has 4 nitrogen and oxygen atoms in total. The van der Waals surface area contributed by atoms with Crippen LogP contribution in [0, 0.1) is 0 Å². The SMILES string of the molecule is CCN(C(=O)c1ccc(N2CCCC2=O)cc1)C1CCCC1. The molecule has 1 saturated heterocycles. The fourth-order valence-corrected chi connectivity index (χ4v) is 3.65. The van der Waals surface area contributed by atoms with E-state index in [1.807, 2.05) is 41.0 Å². The summed E-state index contributed by atoms with van der Waals surface area (Å²) in [5, 5.41) is 0. The van der Waals surface area contributed by atoms with Gasteiger partial charge in [-0.1, -0.05) is 12.8 Å². The van der Waals surface area contributed by atoms with Crippen molar-refractivity contribution in [2.24, 2.45) is 0 Å². The van der Waals surface area contributed by atoms with Gasteiger partial charge in [0.25, 0.3) is 5.91 Å². The van der Waals surface area contributed by atoms with Crippen LogP contribution in [0.2, 0.25) is 0 Å². The van der Waals surface area contributed by atoms with Gasteiger partial charge in [0.05, 0.1) is 0 Å². The van der Waals surface area contributed by atoms with E-state index in [1.165, 1.54) is 12.8 Å². The van der Waals surface area contributed by atoms with Crippen LogP contribution in [0.3, 0.4) is 0 Å². The van der Waals surface area contributed by atoms with Crippen molar-refractivity contribution in [1.82, 2.24) is 4.90 Å². The molecule has 1 saturated carbocycles. The number of amides is 2. The Morgan fingerprint density at radius 1 is 1.18 bits per heavy atom. The van der Waals surface area contributed by atoms with E-state index in [4.69, 9.17) is 0 Å². The quantitative estimate of drug-likeness (QED) is 0.856. The maximum atomic E-state index is 12.7. The van der Waals surface area contributed by atoms with Crippen LogP contribution >= 0.6 is 0 Å². The fourth-order valence-electron chi connectivity index (χ4n) is 3.65. The average molecular weight is 300 g/mol. The Morgan fingerprint density at radius 3 is 2.41 bits per heavy atom. The molecule has 1 aliphatic carbocycles. The van der Waals surface area contributed by atoms with E-state index in [9.17, 15) is 9.59 Å². The predicted molar refractivity (Wildman–Crippen MR) is 87.0 cm³/mol. The Morgan fingerprint density at radius 2 is 1.86 bits per heavy atom. The third kappa shape index (κ3) is 2.87. The number of anilines is 1. The lowest BCUT2D eigenvalue weighted by atomic mass is 10.1. The molecule has 2 amide bonds. The van der Waals surface area contributed by atoms with E-state index in [0.29, 0.717) is 12.5 Å². The maximum Gasteiger partial charge on any atom is 0.254 e. The minimum atomic E-state index is 0.119. The molecule has 0 unspecified atom stereocenters. The molecule has 1 heterocycles. The van der Waals surface area contributed by atoms with Crippen molar-refractivity contribution in [3.05, 3.63) is 29.8 Å². The Balaban J connectivity index is 1.73. The normalized spacial score (nSPS) is 19.0. The molecule has 3 rings (SSSR count). The number of hydrogen-bond acceptors (Lipinski definition) is 2. The standard InChI is InChI=1S/C18H24N2O2/c1-2-19(15-6-3-4-7-15)18(22)14-9-11-16(12-10-14)20-13-5-8-17(20)21/h9-12,15H,2-8,13H2,1H3. The van der Waals surface area contributed by atoms with Crippen LogP contribution in [0.1, 0.15) is 55.8 Å². The summed E-state index contributed by atoms with van der Waals surface area (Å²) in [6.45, 7) is 3.60. The van der Waals surface area contributed by atoms with Crippen molar-refractivity contribution in [2.75, 3.05) is 18.0 Å². The molecule has 0 atom stereocenters. The van der Waals surface area contributed by atoms with Crippen LogP contribution in [0.15, 0.2) is 24.3 Å². The minimum Gasteiger partial charge on any atom is -0.336 e. The first-order valence-electron chi connectivity index (χ1n) is 8.42. The van der Waals surface area contributed by atoms with E-state index >= 15 is 0 Å². The Labute approximate surface area is 132 Å². The highest BCUT2D eigenvalue weighted by Gasteiger charge is 2.26. The first-order chi connectivity index (χ1) is 10.7. The van der Waals surface area contributed by atoms with Gasteiger partial charge in [-0.05, 0) is 50.5 Å². The van der Waals surface area contributed by atoms with E-state index in [1.54, 1.807) is 0 Å². The largest absolute Gasteiger partial charge is 0.336 e. The molecule has 1 aromatic rings. The van der Waals surface area contributed by atoms with Crippen molar-refractivity contribution in [3.8, 4) is 0 Å². The summed E-state index contributed by atoms with van der Waals surface area (Å²) < 4.78 is 0. The zero-order valence-corrected chi connectivity index (χ0v) is 13.3. The molecule has 0 bridgehead atoms. The van der Waals surface area contributed by atoms with Gasteiger partial charge in [0, 0.05) is 36.8 Å². The van der Waals surface area contributed by atoms with Crippen LogP contribution in [0.4, 0.5) is 5.69 Å². The molecule has 1 aromatic carbocycles. The van der Waals surface area contributed by atoms with E-state index in [-0.39, 0.29) is 11.8 Å². The van der Waals surface area contributed by atoms with Gasteiger partial charge in [0.15, 0.2) is 0 Å². The first-order valence-corrected chi connectivity index (χ1v) is 8.42. The lowest BCUT2D eigenvalue weighted by Gasteiger charge is -2.28. The van der Waals surface area contributed by atoms with Crippen LogP contribution in [-0.2, 0) is 4.79 Å². The summed E-state index contributed by atoms with van der Waals surface area (Å²) in [5.74, 6) is 0.300. The van der Waals surface area contributed by atoms with Gasteiger partial charge < -0.3 is 9.80 Å². The molecule has 0 spiro atoms. The van der Waals surface area contributed by atoms with Crippen molar-refractivity contribution in [3.63, 3.8) is 0 Å². The molecule has 2 fully saturated rings. The molecule has 0 radical (unpaired) electrons. The second kappa shape index (κ2) is 6.51. The maximum absolute atomic E-state index is 12.7. The number of hydrogen-bond donors (Lipinski definition) is 0. The third-order valence-corrected chi connectivity index (χ3v) is 4.87. The van der Waals surface area contributed by atoms with Crippen molar-refractivity contribution < 1.29 is 9.59 Å². The second-order valence-corrected chi connectivity index (χ2v) is 6.23. The van der Waals surface area contributed by atoms with Gasteiger partial charge in [-0.3, -0.25) is 9.59 Å². The average Bonchev–Trinajstić information content (AvgIpc) is 3.20. The summed E-state index contributed by atoms with van der Waals surface area (Å²) in [7, 11) is 0. The molecular formula is C18H24N2O2. The smallest absolute Gasteiger partial charge is 0.254 e. The number of rotatable bonds is 4. The monoisotopic (exact) mass is 300 g/mol. The van der Waals surface area contributed by atoms with Gasteiger partial charge in [-0.15, -0.1) is 0 Å². The Hall–Kier alpha value is -1.84. The highest BCUT2D eigenvalue weighted by Crippen LogP contribution is 2.26. The molecule has 118 valence electrons. The summed E-state index contributed by atoms with van der Waals surface area (Å²) in [6, 6.07) is 7.93. The van der Waals surface area contributed by atoms with Crippen molar-refractivity contribution in [1.29, 1.82) is 0 Å². The van der Waals surface area contributed by atoms with E-state index < -0.39 is 0 Å². The molecular weight excluding hydrogens is 276 g/mol. The van der Waals surface area contributed by atoms with Crippen molar-refractivity contribution >= 4 is 17.5 Å². The van der Waals surface area contributed by atoms with Gasteiger partial charge in [-0.2, -0.15) is 0 Å². The number of benzene rings is 1. The zero-order valence-electron chi connectivity index (χ0n) is 13.3. The highest BCUT2D eigenvalue weighted by atomic mass is 16.2. The van der Waals surface area contributed by atoms with E-state index in [0.717, 1.165) is 43.6 Å². The summed E-state index contributed by atoms with van der Waals surface area (Å²) in [6.07, 6.45) is 6.26. The Bertz CT molecular complexity index is 547. The molecule has 22 heavy (non-hydrogen) atoms. The third-order valence-electron chi connectivity index (χ3n) is 4.87. The summed E-state index contributed by atoms with van der Waals surface area (Å²) >= 11 is 0. The molecule has 0 N–H and O–H groups in total. The van der Waals surface area contributed by atoms with Gasteiger partial charge in [0.1, 0.15) is 0 Å². The van der Waals surface area contributed by atoms with Crippen LogP contribution in [-0.4, -0.2) is 35.8 Å². The molecule has 2 aliphatic rings. The summed E-state index contributed by atoms with van der Waals surface area (Å²) in [5.41, 5.74) is 1.63. The predicted octanol–water partition coefficient (Wildman–Crippen LogP) is 3.22. The number of carbonyl (C=O) groups excluding carboxylic acids is 2. The number of carbonyl (C=O) groups is 2. The lowest BCUT2D eigenvalue weighted by molar-refractivity contribution is -0.117. The highest BCUT2D eigenvalue weighted by molar-refractivity contribution is 5.97. The van der Waals surface area contributed by atoms with E-state index in [2.05, 4.69) is 0 Å². The van der Waals surface area contributed by atoms with Crippen LogP contribution in [0.5, 0.6) is 0 Å². The summed E-state index contributed by atoms with van der Waals surface area (Å²) in [4.78, 5) is 28.3. The molecule has 4 heteroatoms. The Kier molecular flexibility index (Phi) is 4.46. The van der Waals surface area contributed by atoms with Crippen LogP contribution < -0.4 is 4.90 Å². The second-order valence-electron chi connectivity index (χ2n) is 6.23. The van der Waals surface area contributed by atoms with Crippen molar-refractivity contribution in [2.45, 2.75) is 51.5 Å². The fraction of sp³-hybridized carbons (Fsp3) is 0.556. The van der Waals surface area contributed by atoms with Gasteiger partial charge in [0.2, 0.25) is 5.91 Å².